The van der Waals surface area contributed by atoms with Gasteiger partial charge in [0.05, 0.1) is 6.10 Å². The molecule has 1 aromatic carbocycles. The third-order valence-electron chi connectivity index (χ3n) is 4.25. The summed E-state index contributed by atoms with van der Waals surface area (Å²) in [6.07, 6.45) is 11.0. The van der Waals surface area contributed by atoms with Crippen molar-refractivity contribution in [3.8, 4) is 0 Å². The van der Waals surface area contributed by atoms with Gasteiger partial charge in [-0.15, -0.1) is 0 Å². The molecule has 1 nitrogen and oxygen atoms in total. The van der Waals surface area contributed by atoms with Gasteiger partial charge in [0.25, 0.3) is 0 Å². The quantitative estimate of drug-likeness (QED) is 0.605. The van der Waals surface area contributed by atoms with Gasteiger partial charge in [-0.1, -0.05) is 56.0 Å². The maximum atomic E-state index is 10.1. The molecule has 1 aromatic rings. The molecule has 0 spiro atoms. The molecule has 1 heteroatoms. The van der Waals surface area contributed by atoms with E-state index in [-0.39, 0.29) is 6.10 Å². The largest absolute Gasteiger partial charge is 0.393 e. The van der Waals surface area contributed by atoms with E-state index in [4.69, 9.17) is 0 Å². The van der Waals surface area contributed by atoms with Gasteiger partial charge < -0.3 is 5.11 Å². The van der Waals surface area contributed by atoms with Crippen molar-refractivity contribution in [2.75, 3.05) is 0 Å². The molecule has 1 saturated carbocycles. The predicted octanol–water partition coefficient (Wildman–Crippen LogP) is 4.34. The van der Waals surface area contributed by atoms with Gasteiger partial charge in [0.2, 0.25) is 0 Å². The van der Waals surface area contributed by atoms with Crippen LogP contribution in [-0.4, -0.2) is 11.2 Å². The minimum atomic E-state index is -0.0239. The van der Waals surface area contributed by atoms with E-state index in [1.165, 1.54) is 56.9 Å². The third kappa shape index (κ3) is 4.45. The topological polar surface area (TPSA) is 20.2 Å². The smallest absolute Gasteiger partial charge is 0.0568 e. The Morgan fingerprint density at radius 1 is 0.944 bits per heavy atom. The fourth-order valence-electron chi connectivity index (χ4n) is 3.08. The lowest BCUT2D eigenvalue weighted by atomic mass is 9.91. The summed E-state index contributed by atoms with van der Waals surface area (Å²) in [6.45, 7) is 0. The maximum absolute atomic E-state index is 10.1. The zero-order valence-corrected chi connectivity index (χ0v) is 11.4. The van der Waals surface area contributed by atoms with Crippen molar-refractivity contribution in [1.29, 1.82) is 0 Å². The average Bonchev–Trinajstić information content (AvgIpc) is 2.61. The van der Waals surface area contributed by atoms with Crippen LogP contribution in [-0.2, 0) is 6.42 Å². The van der Waals surface area contributed by atoms with E-state index in [1.807, 2.05) is 0 Å². The highest BCUT2D eigenvalue weighted by Crippen LogP contribution is 2.27. The first kappa shape index (κ1) is 13.6. The Morgan fingerprint density at radius 3 is 2.56 bits per heavy atom. The molecular formula is C17H26O. The molecule has 2 unspecified atom stereocenters. The van der Waals surface area contributed by atoms with Gasteiger partial charge in [-0.25, -0.2) is 0 Å². The second-order valence-corrected chi connectivity index (χ2v) is 5.70. The summed E-state index contributed by atoms with van der Waals surface area (Å²) in [5.41, 5.74) is 1.44. The molecule has 2 rings (SSSR count). The van der Waals surface area contributed by atoms with E-state index in [1.54, 1.807) is 0 Å². The second-order valence-electron chi connectivity index (χ2n) is 5.70. The van der Waals surface area contributed by atoms with Crippen LogP contribution in [0.4, 0.5) is 0 Å². The van der Waals surface area contributed by atoms with Gasteiger partial charge in [0.1, 0.15) is 0 Å². The van der Waals surface area contributed by atoms with Crippen molar-refractivity contribution >= 4 is 0 Å². The predicted molar refractivity (Wildman–Crippen MR) is 76.6 cm³/mol. The molecular weight excluding hydrogens is 220 g/mol. The Hall–Kier alpha value is -0.820. The van der Waals surface area contributed by atoms with Gasteiger partial charge in [0, 0.05) is 0 Å². The summed E-state index contributed by atoms with van der Waals surface area (Å²) < 4.78 is 0. The molecule has 0 amide bonds. The van der Waals surface area contributed by atoms with Crippen molar-refractivity contribution < 1.29 is 5.11 Å². The van der Waals surface area contributed by atoms with Crippen molar-refractivity contribution in [1.82, 2.24) is 0 Å². The molecule has 2 atom stereocenters. The van der Waals surface area contributed by atoms with Crippen LogP contribution in [0.3, 0.4) is 0 Å². The number of benzene rings is 1. The van der Waals surface area contributed by atoms with Gasteiger partial charge in [-0.05, 0) is 43.6 Å². The number of aryl methyl sites for hydroxylation is 1. The summed E-state index contributed by atoms with van der Waals surface area (Å²) in [7, 11) is 0. The average molecular weight is 246 g/mol. The SMILES string of the molecule is OC1CCCCCC1CCCCc1ccccc1. The zero-order chi connectivity index (χ0) is 12.6. The van der Waals surface area contributed by atoms with E-state index in [0.29, 0.717) is 5.92 Å². The molecule has 0 bridgehead atoms. The van der Waals surface area contributed by atoms with E-state index in [0.717, 1.165) is 6.42 Å². The number of hydrogen-bond acceptors (Lipinski definition) is 1. The molecule has 100 valence electrons. The summed E-state index contributed by atoms with van der Waals surface area (Å²) >= 11 is 0. The fraction of sp³-hybridized carbons (Fsp3) is 0.647. The van der Waals surface area contributed by atoms with E-state index < -0.39 is 0 Å². The monoisotopic (exact) mass is 246 g/mol. The molecule has 1 aliphatic rings. The van der Waals surface area contributed by atoms with Gasteiger partial charge in [0.15, 0.2) is 0 Å². The number of hydrogen-bond donors (Lipinski definition) is 1. The second kappa shape index (κ2) is 7.58. The standard InChI is InChI=1S/C17H26O/c18-17-14-6-2-5-12-16(17)13-8-7-11-15-9-3-1-4-10-15/h1,3-4,9-10,16-18H,2,5-8,11-14H2. The lowest BCUT2D eigenvalue weighted by molar-refractivity contribution is 0.0943. The van der Waals surface area contributed by atoms with Crippen LogP contribution in [0.25, 0.3) is 0 Å². The minimum Gasteiger partial charge on any atom is -0.393 e. The van der Waals surface area contributed by atoms with Crippen LogP contribution in [0, 0.1) is 5.92 Å². The minimum absolute atomic E-state index is 0.0239. The molecule has 1 N–H and O–H groups in total. The van der Waals surface area contributed by atoms with Gasteiger partial charge >= 0.3 is 0 Å². The van der Waals surface area contributed by atoms with Crippen molar-refractivity contribution in [2.45, 2.75) is 63.9 Å². The molecule has 18 heavy (non-hydrogen) atoms. The first-order valence-electron chi connectivity index (χ1n) is 7.58. The van der Waals surface area contributed by atoms with Gasteiger partial charge in [-0.3, -0.25) is 0 Å². The molecule has 0 saturated heterocycles. The van der Waals surface area contributed by atoms with Crippen molar-refractivity contribution in [2.24, 2.45) is 5.92 Å². The van der Waals surface area contributed by atoms with Crippen LogP contribution in [0.5, 0.6) is 0 Å². The lowest BCUT2D eigenvalue weighted by Crippen LogP contribution is -2.18. The number of rotatable bonds is 5. The summed E-state index contributed by atoms with van der Waals surface area (Å²) in [6, 6.07) is 10.7. The Balaban J connectivity index is 1.65. The number of aliphatic hydroxyl groups excluding tert-OH is 1. The van der Waals surface area contributed by atoms with Crippen LogP contribution >= 0.6 is 0 Å². The third-order valence-corrected chi connectivity index (χ3v) is 4.25. The van der Waals surface area contributed by atoms with Crippen LogP contribution < -0.4 is 0 Å². The van der Waals surface area contributed by atoms with E-state index >= 15 is 0 Å². The fourth-order valence-corrected chi connectivity index (χ4v) is 3.08. The summed E-state index contributed by atoms with van der Waals surface area (Å²) in [5, 5.41) is 10.1. The Morgan fingerprint density at radius 2 is 1.72 bits per heavy atom. The summed E-state index contributed by atoms with van der Waals surface area (Å²) in [5.74, 6) is 0.572. The normalized spacial score (nSPS) is 24.7. The molecule has 0 aliphatic heterocycles. The Bertz CT molecular complexity index is 320. The first-order chi connectivity index (χ1) is 8.86. The van der Waals surface area contributed by atoms with Crippen LogP contribution in [0.1, 0.15) is 56.9 Å². The Kier molecular flexibility index (Phi) is 5.73. The highest BCUT2D eigenvalue weighted by molar-refractivity contribution is 5.14. The van der Waals surface area contributed by atoms with Crippen LogP contribution in [0.2, 0.25) is 0 Å². The molecule has 1 fully saturated rings. The number of aliphatic hydroxyl groups is 1. The molecule has 0 radical (unpaired) electrons. The highest BCUT2D eigenvalue weighted by Gasteiger charge is 2.20. The zero-order valence-electron chi connectivity index (χ0n) is 11.4. The lowest BCUT2D eigenvalue weighted by Gasteiger charge is -2.19. The van der Waals surface area contributed by atoms with E-state index in [2.05, 4.69) is 30.3 Å². The highest BCUT2D eigenvalue weighted by atomic mass is 16.3. The van der Waals surface area contributed by atoms with Crippen LogP contribution in [0.15, 0.2) is 30.3 Å². The Labute approximate surface area is 111 Å². The van der Waals surface area contributed by atoms with Crippen molar-refractivity contribution in [3.63, 3.8) is 0 Å². The number of unbranched alkanes of at least 4 members (excludes halogenated alkanes) is 1. The first-order valence-corrected chi connectivity index (χ1v) is 7.58. The van der Waals surface area contributed by atoms with E-state index in [9.17, 15) is 5.11 Å². The molecule has 0 heterocycles. The maximum Gasteiger partial charge on any atom is 0.0568 e. The molecule has 1 aliphatic carbocycles. The van der Waals surface area contributed by atoms with Crippen molar-refractivity contribution in [3.05, 3.63) is 35.9 Å². The van der Waals surface area contributed by atoms with Gasteiger partial charge in [-0.2, -0.15) is 0 Å². The molecule has 0 aromatic heterocycles. The summed E-state index contributed by atoms with van der Waals surface area (Å²) in [4.78, 5) is 0.